The molecule has 0 fully saturated rings. The Kier molecular flexibility index (Phi) is 7.86. The van der Waals surface area contributed by atoms with E-state index in [0.717, 1.165) is 28.8 Å². The molecule has 0 aliphatic rings. The van der Waals surface area contributed by atoms with Gasteiger partial charge in [-0.25, -0.2) is 4.79 Å². The number of hydrogen-bond donors (Lipinski definition) is 1. The Morgan fingerprint density at radius 1 is 1.06 bits per heavy atom. The van der Waals surface area contributed by atoms with Crippen LogP contribution >= 0.6 is 11.6 Å². The van der Waals surface area contributed by atoms with E-state index in [2.05, 4.69) is 12.2 Å². The number of urea groups is 1. The first kappa shape index (κ1) is 26.2. The lowest BCUT2D eigenvalue weighted by Gasteiger charge is -2.32. The van der Waals surface area contributed by atoms with Gasteiger partial charge in [-0.2, -0.15) is 0 Å². The Morgan fingerprint density at radius 2 is 1.66 bits per heavy atom. The zero-order chi connectivity index (χ0) is 25.9. The van der Waals surface area contributed by atoms with Crippen LogP contribution in [0.15, 0.2) is 60.7 Å². The topological polar surface area (TPSA) is 75.5 Å². The van der Waals surface area contributed by atoms with E-state index in [1.807, 2.05) is 64.1 Å². The molecule has 1 N–H and O–H groups in total. The molecular formula is C28H32ClN3O3. The van der Waals surface area contributed by atoms with Crippen molar-refractivity contribution in [2.75, 3.05) is 10.2 Å². The lowest BCUT2D eigenvalue weighted by Crippen LogP contribution is -2.38. The van der Waals surface area contributed by atoms with Crippen LogP contribution in [-0.4, -0.2) is 11.0 Å². The van der Waals surface area contributed by atoms with Gasteiger partial charge in [-0.05, 0) is 72.7 Å². The number of anilines is 2. The van der Waals surface area contributed by atoms with Crippen molar-refractivity contribution < 1.29 is 9.72 Å². The van der Waals surface area contributed by atoms with E-state index in [0.29, 0.717) is 16.3 Å². The largest absolute Gasteiger partial charge is 0.326 e. The van der Waals surface area contributed by atoms with Crippen LogP contribution in [-0.2, 0) is 11.8 Å². The summed E-state index contributed by atoms with van der Waals surface area (Å²) in [6.45, 7) is 11.7. The van der Waals surface area contributed by atoms with Gasteiger partial charge in [-0.15, -0.1) is 0 Å². The molecule has 0 aliphatic carbocycles. The van der Waals surface area contributed by atoms with Gasteiger partial charge in [-0.1, -0.05) is 63.6 Å². The van der Waals surface area contributed by atoms with Gasteiger partial charge in [-0.3, -0.25) is 15.0 Å². The maximum absolute atomic E-state index is 13.9. The molecule has 0 unspecified atom stereocenters. The fourth-order valence-corrected chi connectivity index (χ4v) is 4.28. The summed E-state index contributed by atoms with van der Waals surface area (Å²) in [5.74, 6) is 0. The van der Waals surface area contributed by atoms with E-state index in [1.54, 1.807) is 30.0 Å². The minimum absolute atomic E-state index is 0.0297. The zero-order valence-corrected chi connectivity index (χ0v) is 21.8. The van der Waals surface area contributed by atoms with Crippen molar-refractivity contribution in [1.82, 2.24) is 0 Å². The van der Waals surface area contributed by atoms with Crippen molar-refractivity contribution in [3.05, 3.63) is 98.1 Å². The molecule has 1 atom stereocenters. The van der Waals surface area contributed by atoms with Crippen LogP contribution in [0.3, 0.4) is 0 Å². The third-order valence-corrected chi connectivity index (χ3v) is 6.51. The third kappa shape index (κ3) is 5.82. The molecule has 3 rings (SSSR count). The quantitative estimate of drug-likeness (QED) is 0.277. The fraction of sp³-hybridized carbons (Fsp3) is 0.321. The molecule has 7 heteroatoms. The molecule has 184 valence electrons. The average Bonchev–Trinajstić information content (AvgIpc) is 2.80. The first-order valence-electron chi connectivity index (χ1n) is 11.7. The highest BCUT2D eigenvalue weighted by Gasteiger charge is 2.29. The number of nitro benzene ring substituents is 1. The van der Waals surface area contributed by atoms with Crippen molar-refractivity contribution in [2.45, 2.75) is 59.4 Å². The van der Waals surface area contributed by atoms with E-state index in [4.69, 9.17) is 11.6 Å². The first-order chi connectivity index (χ1) is 16.4. The number of nitro groups is 1. The minimum atomic E-state index is -0.422. The van der Waals surface area contributed by atoms with Gasteiger partial charge in [0.05, 0.1) is 22.2 Å². The van der Waals surface area contributed by atoms with Crippen LogP contribution in [0.5, 0.6) is 0 Å². The van der Waals surface area contributed by atoms with Crippen LogP contribution in [0.4, 0.5) is 21.9 Å². The number of hydrogen-bond acceptors (Lipinski definition) is 3. The predicted octanol–water partition coefficient (Wildman–Crippen LogP) is 8.22. The molecule has 6 nitrogen and oxygen atoms in total. The molecule has 35 heavy (non-hydrogen) atoms. The minimum Gasteiger partial charge on any atom is -0.307 e. The maximum atomic E-state index is 13.9. The third-order valence-electron chi connectivity index (χ3n) is 6.25. The first-order valence-corrected chi connectivity index (χ1v) is 12.0. The van der Waals surface area contributed by atoms with Gasteiger partial charge in [0.15, 0.2) is 0 Å². The Hall–Kier alpha value is -3.38. The van der Waals surface area contributed by atoms with Crippen LogP contribution in [0.2, 0.25) is 5.02 Å². The van der Waals surface area contributed by atoms with Crippen LogP contribution in [0.1, 0.15) is 62.9 Å². The molecule has 3 aromatic rings. The summed E-state index contributed by atoms with van der Waals surface area (Å²) in [5.41, 5.74) is 4.16. The standard InChI is InChI=1S/C28H32ClN3O3/c1-7-20-8-14-23(15-9-20)31(19(3)21-10-12-22(29)13-11-21)27(33)30-26-18(2)25(32(34)35)17-16-24(26)28(4,5)6/h8-17,19H,7H2,1-6H3,(H,30,33)/t19-/m0/s1. The number of nitrogens with zero attached hydrogens (tertiary/aromatic N) is 2. The van der Waals surface area contributed by atoms with Crippen molar-refractivity contribution in [1.29, 1.82) is 0 Å². The Labute approximate surface area is 212 Å². The Balaban J connectivity index is 2.11. The van der Waals surface area contributed by atoms with E-state index in [9.17, 15) is 14.9 Å². The van der Waals surface area contributed by atoms with Gasteiger partial charge in [0.2, 0.25) is 0 Å². The van der Waals surface area contributed by atoms with E-state index in [-0.39, 0.29) is 23.2 Å². The van der Waals surface area contributed by atoms with Gasteiger partial charge < -0.3 is 5.32 Å². The second-order valence-corrected chi connectivity index (χ2v) is 10.1. The smallest absolute Gasteiger partial charge is 0.307 e. The van der Waals surface area contributed by atoms with Crippen LogP contribution in [0.25, 0.3) is 0 Å². The highest BCUT2D eigenvalue weighted by molar-refractivity contribution is 6.30. The van der Waals surface area contributed by atoms with Gasteiger partial charge in [0.25, 0.3) is 5.69 Å². The number of benzene rings is 3. The molecule has 0 saturated carbocycles. The number of aryl methyl sites for hydroxylation is 1. The lowest BCUT2D eigenvalue weighted by atomic mass is 9.84. The second-order valence-electron chi connectivity index (χ2n) is 9.69. The molecular weight excluding hydrogens is 462 g/mol. The predicted molar refractivity (Wildman–Crippen MR) is 144 cm³/mol. The summed E-state index contributed by atoms with van der Waals surface area (Å²) < 4.78 is 0. The number of rotatable bonds is 6. The SMILES string of the molecule is CCc1ccc(N(C(=O)Nc2c(C(C)(C)C)ccc([N+](=O)[O-])c2C)[C@@H](C)c2ccc(Cl)cc2)cc1. The highest BCUT2D eigenvalue weighted by atomic mass is 35.5. The van der Waals surface area contributed by atoms with E-state index in [1.165, 1.54) is 6.07 Å². The number of halogens is 1. The van der Waals surface area contributed by atoms with Gasteiger partial charge in [0.1, 0.15) is 0 Å². The second kappa shape index (κ2) is 10.5. The summed E-state index contributed by atoms with van der Waals surface area (Å²) in [7, 11) is 0. The van der Waals surface area contributed by atoms with Crippen LogP contribution in [0, 0.1) is 17.0 Å². The Morgan fingerprint density at radius 3 is 2.17 bits per heavy atom. The van der Waals surface area contributed by atoms with Crippen molar-refractivity contribution >= 4 is 34.7 Å². The molecule has 0 saturated heterocycles. The summed E-state index contributed by atoms with van der Waals surface area (Å²) >= 11 is 6.09. The van der Waals surface area contributed by atoms with E-state index < -0.39 is 4.92 Å². The number of carbonyl (C=O) groups excluding carboxylic acids is 1. The molecule has 0 bridgehead atoms. The summed E-state index contributed by atoms with van der Waals surface area (Å²) in [6.07, 6.45) is 0.890. The molecule has 0 spiro atoms. The number of nitrogens with one attached hydrogen (secondary N) is 1. The van der Waals surface area contributed by atoms with Gasteiger partial charge in [0, 0.05) is 16.8 Å². The molecule has 0 radical (unpaired) electrons. The molecule has 3 aromatic carbocycles. The Bertz CT molecular complexity index is 1220. The monoisotopic (exact) mass is 493 g/mol. The number of carbonyl (C=O) groups is 1. The summed E-state index contributed by atoms with van der Waals surface area (Å²) in [6, 6.07) is 17.8. The summed E-state index contributed by atoms with van der Waals surface area (Å²) in [4.78, 5) is 26.8. The van der Waals surface area contributed by atoms with E-state index >= 15 is 0 Å². The normalized spacial score (nSPS) is 12.2. The molecule has 0 heterocycles. The van der Waals surface area contributed by atoms with Crippen LogP contribution < -0.4 is 10.2 Å². The highest BCUT2D eigenvalue weighted by Crippen LogP contribution is 2.37. The average molecular weight is 494 g/mol. The molecule has 2 amide bonds. The lowest BCUT2D eigenvalue weighted by molar-refractivity contribution is -0.385. The fourth-order valence-electron chi connectivity index (χ4n) is 4.15. The zero-order valence-electron chi connectivity index (χ0n) is 21.1. The van der Waals surface area contributed by atoms with Crippen molar-refractivity contribution in [3.63, 3.8) is 0 Å². The summed E-state index contributed by atoms with van der Waals surface area (Å²) in [5, 5.41) is 15.3. The molecule has 0 aromatic heterocycles. The van der Waals surface area contributed by atoms with Crippen molar-refractivity contribution in [3.8, 4) is 0 Å². The number of amides is 2. The van der Waals surface area contributed by atoms with Gasteiger partial charge >= 0.3 is 6.03 Å². The van der Waals surface area contributed by atoms with Crippen molar-refractivity contribution in [2.24, 2.45) is 0 Å². The molecule has 0 aliphatic heterocycles. The maximum Gasteiger partial charge on any atom is 0.326 e.